The van der Waals surface area contributed by atoms with Crippen molar-refractivity contribution in [2.75, 3.05) is 27.2 Å². The Labute approximate surface area is 187 Å². The van der Waals surface area contributed by atoms with Crippen LogP contribution >= 0.6 is 11.3 Å². The lowest BCUT2D eigenvalue weighted by Crippen LogP contribution is -2.51. The molecule has 0 saturated carbocycles. The molecular formula is C25H27N3O2S. The SMILES string of the molecule is CN(C)C(=O)C1(Cc2ccccc2-c2cccs2)CCN(C(=O)c2cccnc2)CC1. The standard InChI is InChI=1S/C25H27N3O2S/c1-27(2)24(30)25(17-19-7-3-4-9-21(19)22-10-6-16-31-22)11-14-28(15-12-25)23(29)20-8-5-13-26-18-20/h3-10,13,16,18H,11-12,14-15,17H2,1-2H3. The Balaban J connectivity index is 1.59. The fourth-order valence-corrected chi connectivity index (χ4v) is 5.25. The maximum atomic E-state index is 13.4. The highest BCUT2D eigenvalue weighted by Crippen LogP contribution is 2.40. The van der Waals surface area contributed by atoms with Gasteiger partial charge in [0.1, 0.15) is 0 Å². The second-order valence-corrected chi connectivity index (χ2v) is 9.27. The summed E-state index contributed by atoms with van der Waals surface area (Å²) in [4.78, 5) is 35.1. The monoisotopic (exact) mass is 433 g/mol. The van der Waals surface area contributed by atoms with Crippen LogP contribution in [-0.2, 0) is 11.2 Å². The molecule has 0 radical (unpaired) electrons. The highest BCUT2D eigenvalue weighted by atomic mass is 32.1. The van der Waals surface area contributed by atoms with E-state index in [9.17, 15) is 9.59 Å². The van der Waals surface area contributed by atoms with Gasteiger partial charge < -0.3 is 9.80 Å². The number of hydrogen-bond donors (Lipinski definition) is 0. The van der Waals surface area contributed by atoms with E-state index in [1.54, 1.807) is 40.8 Å². The second-order valence-electron chi connectivity index (χ2n) is 8.33. The highest BCUT2D eigenvalue weighted by molar-refractivity contribution is 7.13. The zero-order chi connectivity index (χ0) is 21.8. The average molecular weight is 434 g/mol. The van der Waals surface area contributed by atoms with Gasteiger partial charge in [0.2, 0.25) is 5.91 Å². The number of rotatable bonds is 5. The molecule has 1 aliphatic heterocycles. The van der Waals surface area contributed by atoms with Gasteiger partial charge in [0.15, 0.2) is 0 Å². The predicted octanol–water partition coefficient (Wildman–Crippen LogP) is 4.36. The lowest BCUT2D eigenvalue weighted by molar-refractivity contribution is -0.142. The number of amides is 2. The van der Waals surface area contributed by atoms with Gasteiger partial charge in [0, 0.05) is 44.5 Å². The molecule has 0 aliphatic carbocycles. The van der Waals surface area contributed by atoms with Crippen molar-refractivity contribution in [3.8, 4) is 10.4 Å². The Bertz CT molecular complexity index is 1040. The number of carbonyl (C=O) groups is 2. The van der Waals surface area contributed by atoms with Crippen molar-refractivity contribution in [3.63, 3.8) is 0 Å². The van der Waals surface area contributed by atoms with E-state index in [1.165, 1.54) is 16.0 Å². The number of pyridine rings is 1. The highest BCUT2D eigenvalue weighted by Gasteiger charge is 2.43. The van der Waals surface area contributed by atoms with E-state index in [0.29, 0.717) is 37.9 Å². The fraction of sp³-hybridized carbons (Fsp3) is 0.320. The van der Waals surface area contributed by atoms with Crippen LogP contribution in [0.2, 0.25) is 0 Å². The lowest BCUT2D eigenvalue weighted by atomic mass is 9.72. The molecule has 3 aromatic rings. The van der Waals surface area contributed by atoms with Crippen LogP contribution in [0.1, 0.15) is 28.8 Å². The smallest absolute Gasteiger partial charge is 0.255 e. The van der Waals surface area contributed by atoms with Crippen molar-refractivity contribution in [1.82, 2.24) is 14.8 Å². The number of likely N-dealkylation sites (tertiary alicyclic amines) is 1. The van der Waals surface area contributed by atoms with Crippen molar-refractivity contribution < 1.29 is 9.59 Å². The molecule has 6 heteroatoms. The maximum absolute atomic E-state index is 13.4. The number of aromatic nitrogens is 1. The number of nitrogens with zero attached hydrogens (tertiary/aromatic N) is 3. The molecule has 0 atom stereocenters. The van der Waals surface area contributed by atoms with Gasteiger partial charge in [-0.15, -0.1) is 11.3 Å². The van der Waals surface area contributed by atoms with E-state index in [-0.39, 0.29) is 11.8 Å². The van der Waals surface area contributed by atoms with Crippen LogP contribution in [0.3, 0.4) is 0 Å². The largest absolute Gasteiger partial charge is 0.348 e. The van der Waals surface area contributed by atoms with Crippen LogP contribution in [0.5, 0.6) is 0 Å². The molecule has 4 rings (SSSR count). The quantitative estimate of drug-likeness (QED) is 0.601. The minimum atomic E-state index is -0.511. The van der Waals surface area contributed by atoms with Crippen LogP contribution in [0.15, 0.2) is 66.3 Å². The zero-order valence-corrected chi connectivity index (χ0v) is 18.8. The molecule has 1 aromatic carbocycles. The van der Waals surface area contributed by atoms with Crippen molar-refractivity contribution >= 4 is 23.2 Å². The molecule has 1 fully saturated rings. The van der Waals surface area contributed by atoms with Crippen molar-refractivity contribution in [3.05, 3.63) is 77.4 Å². The van der Waals surface area contributed by atoms with Crippen LogP contribution in [0.4, 0.5) is 0 Å². The summed E-state index contributed by atoms with van der Waals surface area (Å²) in [6.45, 7) is 1.13. The van der Waals surface area contributed by atoms with Crippen LogP contribution in [-0.4, -0.2) is 53.8 Å². The van der Waals surface area contributed by atoms with Gasteiger partial charge in [-0.05, 0) is 54.0 Å². The molecule has 0 N–H and O–H groups in total. The molecule has 0 bridgehead atoms. The van der Waals surface area contributed by atoms with Gasteiger partial charge in [0.25, 0.3) is 5.91 Å². The van der Waals surface area contributed by atoms with E-state index in [0.717, 1.165) is 0 Å². The van der Waals surface area contributed by atoms with Crippen molar-refractivity contribution in [2.24, 2.45) is 5.41 Å². The summed E-state index contributed by atoms with van der Waals surface area (Å²) in [6, 6.07) is 16.1. The molecule has 0 unspecified atom stereocenters. The van der Waals surface area contributed by atoms with E-state index in [1.807, 2.05) is 31.1 Å². The summed E-state index contributed by atoms with van der Waals surface area (Å²) in [7, 11) is 3.64. The maximum Gasteiger partial charge on any atom is 0.255 e. The number of thiophene rings is 1. The van der Waals surface area contributed by atoms with Gasteiger partial charge >= 0.3 is 0 Å². The third kappa shape index (κ3) is 4.39. The fourth-order valence-electron chi connectivity index (χ4n) is 4.46. The van der Waals surface area contributed by atoms with E-state index < -0.39 is 5.41 Å². The van der Waals surface area contributed by atoms with Gasteiger partial charge in [-0.25, -0.2) is 0 Å². The Morgan fingerprint density at radius 2 is 1.84 bits per heavy atom. The molecule has 31 heavy (non-hydrogen) atoms. The van der Waals surface area contributed by atoms with Gasteiger partial charge in [-0.1, -0.05) is 30.3 Å². The third-order valence-electron chi connectivity index (χ3n) is 6.11. The van der Waals surface area contributed by atoms with Gasteiger partial charge in [0.05, 0.1) is 11.0 Å². The van der Waals surface area contributed by atoms with Crippen LogP contribution in [0, 0.1) is 5.41 Å². The zero-order valence-electron chi connectivity index (χ0n) is 18.0. The Morgan fingerprint density at radius 1 is 1.06 bits per heavy atom. The van der Waals surface area contributed by atoms with E-state index >= 15 is 0 Å². The molecule has 5 nitrogen and oxygen atoms in total. The second kappa shape index (κ2) is 9.02. The summed E-state index contributed by atoms with van der Waals surface area (Å²) < 4.78 is 0. The first-order valence-corrected chi connectivity index (χ1v) is 11.4. The number of piperidine rings is 1. The number of hydrogen-bond acceptors (Lipinski definition) is 4. The molecule has 3 heterocycles. The molecule has 1 aliphatic rings. The summed E-state index contributed by atoms with van der Waals surface area (Å²) in [5.74, 6) is 0.125. The normalized spacial score (nSPS) is 15.5. The summed E-state index contributed by atoms with van der Waals surface area (Å²) in [6.07, 6.45) is 5.24. The van der Waals surface area contributed by atoms with Crippen LogP contribution < -0.4 is 0 Å². The Kier molecular flexibility index (Phi) is 6.18. The summed E-state index contributed by atoms with van der Waals surface area (Å²) in [5.41, 5.74) is 2.46. The molecule has 2 aromatic heterocycles. The molecule has 0 spiro atoms. The molecule has 160 valence electrons. The molecular weight excluding hydrogens is 406 g/mol. The molecule has 1 saturated heterocycles. The van der Waals surface area contributed by atoms with E-state index in [2.05, 4.69) is 34.6 Å². The third-order valence-corrected chi connectivity index (χ3v) is 7.01. The molecule has 2 amide bonds. The Morgan fingerprint density at radius 3 is 2.48 bits per heavy atom. The first kappa shape index (κ1) is 21.2. The van der Waals surface area contributed by atoms with Crippen LogP contribution in [0.25, 0.3) is 10.4 Å². The van der Waals surface area contributed by atoms with Gasteiger partial charge in [-0.2, -0.15) is 0 Å². The first-order valence-electron chi connectivity index (χ1n) is 10.5. The minimum Gasteiger partial charge on any atom is -0.348 e. The predicted molar refractivity (Wildman–Crippen MR) is 124 cm³/mol. The van der Waals surface area contributed by atoms with Gasteiger partial charge in [-0.3, -0.25) is 14.6 Å². The Hall–Kier alpha value is -2.99. The lowest BCUT2D eigenvalue weighted by Gasteiger charge is -2.42. The minimum absolute atomic E-state index is 0.0158. The average Bonchev–Trinajstić information content (AvgIpc) is 3.34. The topological polar surface area (TPSA) is 53.5 Å². The van der Waals surface area contributed by atoms with E-state index in [4.69, 9.17) is 0 Å². The number of carbonyl (C=O) groups excluding carboxylic acids is 2. The summed E-state index contributed by atoms with van der Waals surface area (Å²) in [5, 5.41) is 2.08. The first-order chi connectivity index (χ1) is 15.0. The number of benzene rings is 1. The van der Waals surface area contributed by atoms with Crippen molar-refractivity contribution in [1.29, 1.82) is 0 Å². The summed E-state index contributed by atoms with van der Waals surface area (Å²) >= 11 is 1.71. The van der Waals surface area contributed by atoms with Crippen molar-refractivity contribution in [2.45, 2.75) is 19.3 Å².